The number of fused-ring (bicyclic) bond motifs is 2. The second kappa shape index (κ2) is 6.23. The van der Waals surface area contributed by atoms with E-state index in [4.69, 9.17) is 26.2 Å². The predicted octanol–water partition coefficient (Wildman–Crippen LogP) is 4.50. The Hall–Kier alpha value is -2.27. The first kappa shape index (κ1) is 16.2. The molecule has 1 N–H and O–H groups in total. The summed E-state index contributed by atoms with van der Waals surface area (Å²) in [5.74, 6) is -0.0624. The van der Waals surface area contributed by atoms with Gasteiger partial charge in [-0.05, 0) is 36.1 Å². The van der Waals surface area contributed by atoms with Gasteiger partial charge in [0, 0.05) is 17.5 Å². The van der Waals surface area contributed by atoms with E-state index in [-0.39, 0.29) is 23.5 Å². The van der Waals surface area contributed by atoms with Gasteiger partial charge in [-0.3, -0.25) is 4.79 Å². The van der Waals surface area contributed by atoms with Gasteiger partial charge < -0.3 is 14.6 Å². The number of rotatable bonds is 4. The van der Waals surface area contributed by atoms with Crippen molar-refractivity contribution in [3.63, 3.8) is 0 Å². The van der Waals surface area contributed by atoms with Crippen molar-refractivity contribution in [2.24, 2.45) is 0 Å². The fraction of sp³-hybridized carbons (Fsp3) is 0.316. The first-order valence-electron chi connectivity index (χ1n) is 8.15. The zero-order valence-electron chi connectivity index (χ0n) is 13.3. The first-order chi connectivity index (χ1) is 12.0. The molecule has 4 rings (SSSR count). The molecular weight excluding hydrogens is 347 g/mol. The maximum Gasteiger partial charge on any atom is 0.304 e. The smallest absolute Gasteiger partial charge is 0.304 e. The number of carboxylic acid groups (broad SMARTS) is 1. The minimum absolute atomic E-state index is 0.0489. The molecule has 0 fully saturated rings. The van der Waals surface area contributed by atoms with Crippen molar-refractivity contribution >= 4 is 17.6 Å². The number of carboxylic acids is 1. The average Bonchev–Trinajstić information content (AvgIpc) is 3.15. The molecule has 1 aliphatic carbocycles. The van der Waals surface area contributed by atoms with E-state index >= 15 is 0 Å². The quantitative estimate of drug-likeness (QED) is 0.870. The summed E-state index contributed by atoms with van der Waals surface area (Å²) in [6, 6.07) is 8.57. The van der Waals surface area contributed by atoms with Crippen molar-refractivity contribution < 1.29 is 23.8 Å². The predicted molar refractivity (Wildman–Crippen MR) is 90.0 cm³/mol. The molecule has 1 aliphatic heterocycles. The maximum absolute atomic E-state index is 13.6. The molecule has 0 bridgehead atoms. The lowest BCUT2D eigenvalue weighted by molar-refractivity contribution is -0.137. The number of halogens is 2. The highest BCUT2D eigenvalue weighted by Crippen LogP contribution is 2.42. The zero-order chi connectivity index (χ0) is 17.6. The third-order valence-corrected chi connectivity index (χ3v) is 5.21. The fourth-order valence-electron chi connectivity index (χ4n) is 3.59. The van der Waals surface area contributed by atoms with Crippen LogP contribution in [0.5, 0.6) is 11.5 Å². The average molecular weight is 363 g/mol. The monoisotopic (exact) mass is 362 g/mol. The Bertz CT molecular complexity index is 852. The normalized spacial score (nSPS) is 20.7. The Kier molecular flexibility index (Phi) is 4.04. The van der Waals surface area contributed by atoms with E-state index in [1.54, 1.807) is 12.1 Å². The van der Waals surface area contributed by atoms with Crippen LogP contribution in [-0.4, -0.2) is 17.7 Å². The molecule has 6 heteroatoms. The maximum atomic E-state index is 13.6. The van der Waals surface area contributed by atoms with E-state index in [0.29, 0.717) is 24.5 Å². The molecule has 0 unspecified atom stereocenters. The van der Waals surface area contributed by atoms with Crippen molar-refractivity contribution in [3.8, 4) is 11.5 Å². The molecule has 0 saturated carbocycles. The Labute approximate surface area is 149 Å². The molecule has 2 atom stereocenters. The van der Waals surface area contributed by atoms with Gasteiger partial charge in [-0.1, -0.05) is 23.7 Å². The molecule has 0 aromatic heterocycles. The van der Waals surface area contributed by atoms with E-state index in [0.717, 1.165) is 23.1 Å². The Morgan fingerprint density at radius 2 is 2.12 bits per heavy atom. The van der Waals surface area contributed by atoms with E-state index < -0.39 is 11.8 Å². The molecule has 0 saturated heterocycles. The second-order valence-electron chi connectivity index (χ2n) is 6.38. The summed E-state index contributed by atoms with van der Waals surface area (Å²) in [4.78, 5) is 10.9. The molecular formula is C19H16ClFO4. The number of aliphatic carboxylic acids is 1. The van der Waals surface area contributed by atoms with Crippen LogP contribution in [0, 0.1) is 5.82 Å². The van der Waals surface area contributed by atoms with Crippen molar-refractivity contribution in [1.29, 1.82) is 0 Å². The lowest BCUT2D eigenvalue weighted by Gasteiger charge is -2.16. The van der Waals surface area contributed by atoms with Crippen LogP contribution in [0.15, 0.2) is 30.3 Å². The molecule has 0 radical (unpaired) electrons. The summed E-state index contributed by atoms with van der Waals surface area (Å²) in [6.07, 6.45) is 1.28. The number of hydrogen-bond donors (Lipinski definition) is 1. The van der Waals surface area contributed by atoms with Crippen molar-refractivity contribution in [2.45, 2.75) is 31.3 Å². The Morgan fingerprint density at radius 3 is 2.92 bits per heavy atom. The van der Waals surface area contributed by atoms with Crippen LogP contribution in [0.25, 0.3) is 0 Å². The first-order valence-corrected chi connectivity index (χ1v) is 8.52. The van der Waals surface area contributed by atoms with Crippen LogP contribution in [0.3, 0.4) is 0 Å². The minimum Gasteiger partial charge on any atom is -0.492 e. The van der Waals surface area contributed by atoms with E-state index in [1.807, 2.05) is 12.1 Å². The highest BCUT2D eigenvalue weighted by Gasteiger charge is 2.29. The van der Waals surface area contributed by atoms with Gasteiger partial charge in [0.15, 0.2) is 0 Å². The summed E-state index contributed by atoms with van der Waals surface area (Å²) < 4.78 is 25.2. The molecule has 0 amide bonds. The lowest BCUT2D eigenvalue weighted by Crippen LogP contribution is -2.07. The third kappa shape index (κ3) is 2.93. The van der Waals surface area contributed by atoms with Gasteiger partial charge in [-0.15, -0.1) is 0 Å². The summed E-state index contributed by atoms with van der Waals surface area (Å²) >= 11 is 6.04. The molecule has 1 heterocycles. The van der Waals surface area contributed by atoms with Gasteiger partial charge in [-0.2, -0.15) is 0 Å². The lowest BCUT2D eigenvalue weighted by atomic mass is 9.98. The minimum atomic E-state index is -0.839. The summed E-state index contributed by atoms with van der Waals surface area (Å²) in [5, 5.41) is 9.14. The largest absolute Gasteiger partial charge is 0.492 e. The molecule has 2 aromatic carbocycles. The molecule has 130 valence electrons. The second-order valence-corrected chi connectivity index (χ2v) is 6.76. The zero-order valence-corrected chi connectivity index (χ0v) is 14.1. The molecule has 2 aliphatic rings. The van der Waals surface area contributed by atoms with Crippen molar-refractivity contribution in [2.75, 3.05) is 6.61 Å². The SMILES string of the molecule is O=C(O)C[C@@H]1COc2cc(O[C@@H]3CCc4c3ccc(F)c4Cl)ccc21. The fourth-order valence-corrected chi connectivity index (χ4v) is 3.86. The summed E-state index contributed by atoms with van der Waals surface area (Å²) in [5.41, 5.74) is 2.62. The van der Waals surface area contributed by atoms with Crippen LogP contribution in [-0.2, 0) is 11.2 Å². The number of carbonyl (C=O) groups is 1. The van der Waals surface area contributed by atoms with Crippen molar-refractivity contribution in [3.05, 3.63) is 57.9 Å². The van der Waals surface area contributed by atoms with Crippen LogP contribution >= 0.6 is 11.6 Å². The number of hydrogen-bond acceptors (Lipinski definition) is 3. The van der Waals surface area contributed by atoms with Crippen LogP contribution in [0.1, 0.15) is 41.6 Å². The molecule has 0 spiro atoms. The highest BCUT2D eigenvalue weighted by atomic mass is 35.5. The van der Waals surface area contributed by atoms with Crippen molar-refractivity contribution in [1.82, 2.24) is 0 Å². The summed E-state index contributed by atoms with van der Waals surface area (Å²) in [6.45, 7) is 0.367. The molecule has 2 aromatic rings. The molecule has 4 nitrogen and oxygen atoms in total. The van der Waals surface area contributed by atoms with Gasteiger partial charge in [-0.25, -0.2) is 4.39 Å². The van der Waals surface area contributed by atoms with Gasteiger partial charge >= 0.3 is 5.97 Å². The Morgan fingerprint density at radius 1 is 1.32 bits per heavy atom. The number of ether oxygens (including phenoxy) is 2. The number of benzene rings is 2. The third-order valence-electron chi connectivity index (χ3n) is 4.80. The van der Waals surface area contributed by atoms with Gasteiger partial charge in [0.2, 0.25) is 0 Å². The van der Waals surface area contributed by atoms with Crippen LogP contribution in [0.4, 0.5) is 4.39 Å². The Balaban J connectivity index is 1.54. The standard InChI is InChI=1S/C19H16ClFO4/c20-19-14-4-6-16(13(14)3-5-15(19)21)25-11-1-2-12-10(7-18(22)23)9-24-17(12)8-11/h1-3,5,8,10,16H,4,6-7,9H2,(H,22,23)/t10-,16-/m1/s1. The van der Waals surface area contributed by atoms with Crippen LogP contribution < -0.4 is 9.47 Å². The summed E-state index contributed by atoms with van der Waals surface area (Å²) in [7, 11) is 0. The van der Waals surface area contributed by atoms with E-state index in [1.165, 1.54) is 6.07 Å². The van der Waals surface area contributed by atoms with Crippen LogP contribution in [0.2, 0.25) is 5.02 Å². The van der Waals surface area contributed by atoms with E-state index in [2.05, 4.69) is 0 Å². The topological polar surface area (TPSA) is 55.8 Å². The van der Waals surface area contributed by atoms with E-state index in [9.17, 15) is 9.18 Å². The van der Waals surface area contributed by atoms with Gasteiger partial charge in [0.05, 0.1) is 18.1 Å². The van der Waals surface area contributed by atoms with Gasteiger partial charge in [0.1, 0.15) is 23.4 Å². The molecule has 25 heavy (non-hydrogen) atoms. The highest BCUT2D eigenvalue weighted by molar-refractivity contribution is 6.31. The van der Waals surface area contributed by atoms with Gasteiger partial charge in [0.25, 0.3) is 0 Å².